The van der Waals surface area contributed by atoms with E-state index in [9.17, 15) is 22.8 Å². The van der Waals surface area contributed by atoms with Crippen molar-refractivity contribution in [1.29, 1.82) is 0 Å². The van der Waals surface area contributed by atoms with E-state index in [-0.39, 0.29) is 11.0 Å². The zero-order valence-corrected chi connectivity index (χ0v) is 15.3. The van der Waals surface area contributed by atoms with E-state index >= 15 is 0 Å². The highest BCUT2D eigenvalue weighted by Crippen LogP contribution is 2.26. The second-order valence-electron chi connectivity index (χ2n) is 6.35. The predicted molar refractivity (Wildman–Crippen MR) is 100 cm³/mol. The molecule has 5 nitrogen and oxygen atoms in total. The van der Waals surface area contributed by atoms with Gasteiger partial charge in [0.2, 0.25) is 11.6 Å². The van der Waals surface area contributed by atoms with E-state index in [0.29, 0.717) is 12.1 Å². The molecule has 2 aromatic carbocycles. The standard InChI is InChI=1S/C20H18F3N3O2/c1-3-13-8-6-7-12(2)17(13)25-16(27)11-26-15-10-5-4-9-14(15)24-18(19(26)28)20(21,22)23/h4-10H,3,11H2,1-2H3,(H,25,27). The van der Waals surface area contributed by atoms with Gasteiger partial charge in [-0.25, -0.2) is 4.98 Å². The summed E-state index contributed by atoms with van der Waals surface area (Å²) in [7, 11) is 0. The number of alkyl halides is 3. The smallest absolute Gasteiger partial charge is 0.324 e. The number of halogens is 3. The molecule has 0 aliphatic rings. The first-order valence-electron chi connectivity index (χ1n) is 8.67. The Morgan fingerprint density at radius 2 is 1.86 bits per heavy atom. The molecule has 1 N–H and O–H groups in total. The number of hydrogen-bond acceptors (Lipinski definition) is 3. The van der Waals surface area contributed by atoms with Crippen LogP contribution in [0.3, 0.4) is 0 Å². The van der Waals surface area contributed by atoms with Crippen molar-refractivity contribution in [2.75, 3.05) is 5.32 Å². The summed E-state index contributed by atoms with van der Waals surface area (Å²) in [5.41, 5.74) is -0.390. The Kier molecular flexibility index (Phi) is 5.22. The lowest BCUT2D eigenvalue weighted by atomic mass is 10.1. The molecule has 1 heterocycles. The number of fused-ring (bicyclic) bond motifs is 1. The maximum absolute atomic E-state index is 13.2. The molecule has 3 aromatic rings. The van der Waals surface area contributed by atoms with Gasteiger partial charge in [-0.15, -0.1) is 0 Å². The molecule has 0 fully saturated rings. The molecular formula is C20H18F3N3O2. The molecule has 1 aromatic heterocycles. The van der Waals surface area contributed by atoms with Gasteiger partial charge in [-0.05, 0) is 36.6 Å². The third kappa shape index (κ3) is 3.76. The van der Waals surface area contributed by atoms with Crippen molar-refractivity contribution in [2.24, 2.45) is 0 Å². The van der Waals surface area contributed by atoms with E-state index in [0.717, 1.165) is 15.7 Å². The van der Waals surface area contributed by atoms with Gasteiger partial charge in [-0.2, -0.15) is 13.2 Å². The van der Waals surface area contributed by atoms with E-state index < -0.39 is 29.9 Å². The summed E-state index contributed by atoms with van der Waals surface area (Å²) < 4.78 is 40.5. The summed E-state index contributed by atoms with van der Waals surface area (Å²) >= 11 is 0. The number of carbonyl (C=O) groups is 1. The largest absolute Gasteiger partial charge is 0.438 e. The molecule has 8 heteroatoms. The van der Waals surface area contributed by atoms with Gasteiger partial charge in [0.15, 0.2) is 0 Å². The number of amides is 1. The molecule has 0 atom stereocenters. The van der Waals surface area contributed by atoms with Gasteiger partial charge in [0, 0.05) is 5.69 Å². The van der Waals surface area contributed by atoms with Gasteiger partial charge < -0.3 is 5.32 Å². The number of aryl methyl sites for hydroxylation is 2. The normalized spacial score (nSPS) is 11.6. The minimum Gasteiger partial charge on any atom is -0.324 e. The Labute approximate surface area is 158 Å². The van der Waals surface area contributed by atoms with Crippen LogP contribution in [-0.4, -0.2) is 15.5 Å². The van der Waals surface area contributed by atoms with Crippen molar-refractivity contribution in [3.05, 3.63) is 69.6 Å². The van der Waals surface area contributed by atoms with Crippen molar-refractivity contribution in [3.8, 4) is 0 Å². The highest BCUT2D eigenvalue weighted by molar-refractivity contribution is 5.93. The number of benzene rings is 2. The second kappa shape index (κ2) is 7.46. The Balaban J connectivity index is 2.04. The highest BCUT2D eigenvalue weighted by atomic mass is 19.4. The number of hydrogen-bond donors (Lipinski definition) is 1. The number of nitrogens with zero attached hydrogens (tertiary/aromatic N) is 2. The Hall–Kier alpha value is -3.16. The third-order valence-electron chi connectivity index (χ3n) is 4.43. The number of carbonyl (C=O) groups excluding carboxylic acids is 1. The average Bonchev–Trinajstić information content (AvgIpc) is 2.64. The van der Waals surface area contributed by atoms with Crippen molar-refractivity contribution >= 4 is 22.6 Å². The van der Waals surface area contributed by atoms with Crippen LogP contribution in [0.4, 0.5) is 18.9 Å². The molecule has 0 bridgehead atoms. The fourth-order valence-electron chi connectivity index (χ4n) is 3.06. The van der Waals surface area contributed by atoms with Gasteiger partial charge in [-0.3, -0.25) is 14.2 Å². The minimum absolute atomic E-state index is 0.00707. The molecule has 0 spiro atoms. The van der Waals surface area contributed by atoms with Crippen molar-refractivity contribution < 1.29 is 18.0 Å². The summed E-state index contributed by atoms with van der Waals surface area (Å²) in [5, 5.41) is 2.73. The lowest BCUT2D eigenvalue weighted by Crippen LogP contribution is -2.34. The molecule has 1 amide bonds. The molecule has 0 saturated heterocycles. The third-order valence-corrected chi connectivity index (χ3v) is 4.43. The number of anilines is 1. The SMILES string of the molecule is CCc1cccc(C)c1NC(=O)Cn1c(=O)c(C(F)(F)F)nc2ccccc21. The Bertz CT molecular complexity index is 1100. The van der Waals surface area contributed by atoms with Gasteiger partial charge in [0.1, 0.15) is 6.54 Å². The van der Waals surface area contributed by atoms with Crippen LogP contribution < -0.4 is 10.9 Å². The summed E-state index contributed by atoms with van der Waals surface area (Å²) in [6.07, 6.45) is -4.24. The van der Waals surface area contributed by atoms with E-state index in [1.807, 2.05) is 32.0 Å². The summed E-state index contributed by atoms with van der Waals surface area (Å²) in [6.45, 7) is 3.20. The Morgan fingerprint density at radius 3 is 2.54 bits per heavy atom. The lowest BCUT2D eigenvalue weighted by Gasteiger charge is -2.16. The van der Waals surface area contributed by atoms with Gasteiger partial charge >= 0.3 is 6.18 Å². The van der Waals surface area contributed by atoms with Crippen LogP contribution in [0.15, 0.2) is 47.3 Å². The maximum atomic E-state index is 13.2. The molecule has 146 valence electrons. The number of nitrogens with one attached hydrogen (secondary N) is 1. The van der Waals surface area contributed by atoms with Crippen LogP contribution >= 0.6 is 0 Å². The molecule has 0 unspecified atom stereocenters. The molecule has 28 heavy (non-hydrogen) atoms. The van der Waals surface area contributed by atoms with Crippen molar-refractivity contribution in [2.45, 2.75) is 33.0 Å². The fraction of sp³-hybridized carbons (Fsp3) is 0.250. The van der Waals surface area contributed by atoms with E-state index in [1.54, 1.807) is 6.07 Å². The summed E-state index contributed by atoms with van der Waals surface area (Å²) in [6, 6.07) is 11.5. The topological polar surface area (TPSA) is 64.0 Å². The second-order valence-corrected chi connectivity index (χ2v) is 6.35. The highest BCUT2D eigenvalue weighted by Gasteiger charge is 2.37. The van der Waals surface area contributed by atoms with Crippen LogP contribution in [0.2, 0.25) is 0 Å². The van der Waals surface area contributed by atoms with Crippen LogP contribution in [0.5, 0.6) is 0 Å². The first-order valence-corrected chi connectivity index (χ1v) is 8.67. The van der Waals surface area contributed by atoms with Crippen LogP contribution in [0, 0.1) is 6.92 Å². The van der Waals surface area contributed by atoms with Crippen molar-refractivity contribution in [1.82, 2.24) is 9.55 Å². The first-order chi connectivity index (χ1) is 13.2. The van der Waals surface area contributed by atoms with Crippen LogP contribution in [-0.2, 0) is 23.9 Å². The number of para-hydroxylation sites is 3. The molecule has 0 radical (unpaired) electrons. The predicted octanol–water partition coefficient (Wildman–Crippen LogP) is 3.92. The zero-order chi connectivity index (χ0) is 20.5. The van der Waals surface area contributed by atoms with E-state index in [1.165, 1.54) is 18.2 Å². The molecule has 0 aliphatic carbocycles. The van der Waals surface area contributed by atoms with Gasteiger partial charge in [0.05, 0.1) is 11.0 Å². The van der Waals surface area contributed by atoms with Gasteiger partial charge in [-0.1, -0.05) is 37.3 Å². The molecule has 0 aliphatic heterocycles. The van der Waals surface area contributed by atoms with E-state index in [2.05, 4.69) is 10.3 Å². The molecule has 0 saturated carbocycles. The average molecular weight is 389 g/mol. The van der Waals surface area contributed by atoms with E-state index in [4.69, 9.17) is 0 Å². The van der Waals surface area contributed by atoms with Crippen molar-refractivity contribution in [3.63, 3.8) is 0 Å². The summed E-state index contributed by atoms with van der Waals surface area (Å²) in [5.74, 6) is -0.587. The Morgan fingerprint density at radius 1 is 1.14 bits per heavy atom. The zero-order valence-electron chi connectivity index (χ0n) is 15.3. The monoisotopic (exact) mass is 389 g/mol. The minimum atomic E-state index is -4.91. The maximum Gasteiger partial charge on any atom is 0.438 e. The van der Waals surface area contributed by atoms with Crippen LogP contribution in [0.1, 0.15) is 23.7 Å². The number of aromatic nitrogens is 2. The lowest BCUT2D eigenvalue weighted by molar-refractivity contribution is -0.142. The number of rotatable bonds is 4. The summed E-state index contributed by atoms with van der Waals surface area (Å²) in [4.78, 5) is 28.4. The fourth-order valence-corrected chi connectivity index (χ4v) is 3.06. The molecular weight excluding hydrogens is 371 g/mol. The van der Waals surface area contributed by atoms with Gasteiger partial charge in [0.25, 0.3) is 5.56 Å². The molecule has 3 rings (SSSR count). The first kappa shape index (κ1) is 19.6. The van der Waals surface area contributed by atoms with Crippen LogP contribution in [0.25, 0.3) is 11.0 Å². The quantitative estimate of drug-likeness (QED) is 0.736.